The number of benzene rings is 2. The summed E-state index contributed by atoms with van der Waals surface area (Å²) in [6.45, 7) is 3.83. The Morgan fingerprint density at radius 2 is 1.82 bits per heavy atom. The Hall–Kier alpha value is -3.46. The summed E-state index contributed by atoms with van der Waals surface area (Å²) in [5.74, 6) is 0.0182. The summed E-state index contributed by atoms with van der Waals surface area (Å²) >= 11 is 0. The molecule has 0 radical (unpaired) electrons. The average Bonchev–Trinajstić information content (AvgIpc) is 3.44. The van der Waals surface area contributed by atoms with Gasteiger partial charge in [0.1, 0.15) is 5.82 Å². The van der Waals surface area contributed by atoms with Crippen LogP contribution in [0.4, 0.5) is 4.39 Å². The Balaban J connectivity index is 1.48. The van der Waals surface area contributed by atoms with Gasteiger partial charge in [0, 0.05) is 55.5 Å². The van der Waals surface area contributed by atoms with Gasteiger partial charge in [-0.25, -0.2) is 16.8 Å². The minimum Gasteiger partial charge on any atom is -0.343 e. The first kappa shape index (κ1) is 22.3. The van der Waals surface area contributed by atoms with Crippen LogP contribution in [-0.2, 0) is 21.4 Å². The number of nitrogens with zero attached hydrogens (tertiary/aromatic N) is 4. The second kappa shape index (κ2) is 8.72. The van der Waals surface area contributed by atoms with Crippen LogP contribution in [0.15, 0.2) is 72.0 Å². The van der Waals surface area contributed by atoms with E-state index in [1.54, 1.807) is 43.6 Å². The zero-order valence-corrected chi connectivity index (χ0v) is 19.6. The number of fused-ring (bicyclic) bond motifs is 1. The van der Waals surface area contributed by atoms with Gasteiger partial charge < -0.3 is 4.90 Å². The molecule has 0 bridgehead atoms. The normalized spacial score (nSPS) is 15.2. The van der Waals surface area contributed by atoms with Crippen LogP contribution in [0.5, 0.6) is 0 Å². The van der Waals surface area contributed by atoms with E-state index in [2.05, 4.69) is 5.10 Å². The molecule has 2 aromatic carbocycles. The molecule has 34 heavy (non-hydrogen) atoms. The van der Waals surface area contributed by atoms with Crippen molar-refractivity contribution in [2.24, 2.45) is 5.92 Å². The van der Waals surface area contributed by atoms with Gasteiger partial charge in [-0.3, -0.25) is 9.48 Å². The van der Waals surface area contributed by atoms with Gasteiger partial charge in [0.2, 0.25) is 5.91 Å². The maximum atomic E-state index is 14.1. The van der Waals surface area contributed by atoms with Crippen molar-refractivity contribution < 1.29 is 17.6 Å². The molecule has 1 amide bonds. The van der Waals surface area contributed by atoms with Crippen molar-refractivity contribution in [1.29, 1.82) is 0 Å². The minimum atomic E-state index is -3.91. The maximum Gasteiger partial charge on any atom is 0.268 e. The summed E-state index contributed by atoms with van der Waals surface area (Å²) in [5.41, 5.74) is 1.72. The van der Waals surface area contributed by atoms with Crippen molar-refractivity contribution in [3.63, 3.8) is 0 Å². The van der Waals surface area contributed by atoms with E-state index in [-0.39, 0.29) is 16.3 Å². The molecule has 0 N–H and O–H groups in total. The highest BCUT2D eigenvalue weighted by atomic mass is 32.2. The highest BCUT2D eigenvalue weighted by Crippen LogP contribution is 2.33. The van der Waals surface area contributed by atoms with Crippen molar-refractivity contribution >= 4 is 26.8 Å². The molecule has 0 aliphatic carbocycles. The van der Waals surface area contributed by atoms with E-state index >= 15 is 0 Å². The number of halogens is 1. The van der Waals surface area contributed by atoms with E-state index in [0.29, 0.717) is 16.9 Å². The molecule has 176 valence electrons. The molecular weight excluding hydrogens is 455 g/mol. The van der Waals surface area contributed by atoms with Gasteiger partial charge in [-0.1, -0.05) is 18.2 Å². The van der Waals surface area contributed by atoms with Crippen molar-refractivity contribution in [2.45, 2.75) is 31.2 Å². The first-order valence-electron chi connectivity index (χ1n) is 11.2. The third kappa shape index (κ3) is 4.11. The third-order valence-corrected chi connectivity index (χ3v) is 8.17. The lowest BCUT2D eigenvalue weighted by molar-refractivity contribution is -0.130. The molecule has 2 aromatic heterocycles. The fraction of sp³-hybridized carbons (Fsp3) is 0.280. The van der Waals surface area contributed by atoms with Crippen molar-refractivity contribution in [1.82, 2.24) is 18.7 Å². The third-order valence-electron chi connectivity index (χ3n) is 6.48. The molecule has 0 unspecified atom stereocenters. The lowest BCUT2D eigenvalue weighted by Gasteiger charge is -2.31. The largest absolute Gasteiger partial charge is 0.343 e. The zero-order valence-electron chi connectivity index (χ0n) is 18.8. The smallest absolute Gasteiger partial charge is 0.268 e. The summed E-state index contributed by atoms with van der Waals surface area (Å²) < 4.78 is 43.8. The van der Waals surface area contributed by atoms with Crippen LogP contribution in [0.25, 0.3) is 22.0 Å². The van der Waals surface area contributed by atoms with Gasteiger partial charge in [0.25, 0.3) is 10.0 Å². The van der Waals surface area contributed by atoms with Gasteiger partial charge in [-0.15, -0.1) is 0 Å². The number of carbonyl (C=O) groups excluding carboxylic acids is 1. The van der Waals surface area contributed by atoms with E-state index in [1.807, 2.05) is 15.8 Å². The molecule has 0 spiro atoms. The Morgan fingerprint density at radius 3 is 2.53 bits per heavy atom. The van der Waals surface area contributed by atoms with Crippen molar-refractivity contribution in [3.05, 3.63) is 72.9 Å². The van der Waals surface area contributed by atoms with Crippen LogP contribution in [0.2, 0.25) is 0 Å². The monoisotopic (exact) mass is 480 g/mol. The number of likely N-dealkylation sites (tertiary alicyclic amines) is 1. The van der Waals surface area contributed by atoms with E-state index in [4.69, 9.17) is 0 Å². The molecular formula is C25H25FN4O3S. The summed E-state index contributed by atoms with van der Waals surface area (Å²) in [6, 6.07) is 12.3. The molecule has 7 nitrogen and oxygen atoms in total. The van der Waals surface area contributed by atoms with Gasteiger partial charge >= 0.3 is 0 Å². The second-order valence-corrected chi connectivity index (χ2v) is 10.5. The topological polar surface area (TPSA) is 77.2 Å². The number of piperidine rings is 1. The summed E-state index contributed by atoms with van der Waals surface area (Å²) in [6.07, 6.45) is 6.99. The Morgan fingerprint density at radius 1 is 1.09 bits per heavy atom. The number of amides is 1. The lowest BCUT2D eigenvalue weighted by Crippen LogP contribution is -2.38. The van der Waals surface area contributed by atoms with Crippen LogP contribution in [0, 0.1) is 11.7 Å². The SMILES string of the molecule is CC(=O)N1CCC(Cn2cc(-c3cn(S(=O)(=O)c4ccccc4)c4cc(F)ccc34)cn2)CC1. The highest BCUT2D eigenvalue weighted by molar-refractivity contribution is 7.90. The highest BCUT2D eigenvalue weighted by Gasteiger charge is 2.24. The minimum absolute atomic E-state index is 0.109. The average molecular weight is 481 g/mol. The lowest BCUT2D eigenvalue weighted by atomic mass is 9.97. The predicted molar refractivity (Wildman–Crippen MR) is 127 cm³/mol. The standard InChI is InChI=1S/C25H25FN4O3S/c1-18(31)28-11-9-19(10-12-28)15-29-16-20(14-27-29)24-17-30(25-13-21(26)7-8-23(24)25)34(32,33)22-5-3-2-4-6-22/h2-8,13-14,16-17,19H,9-12,15H2,1H3. The Labute approximate surface area is 197 Å². The number of carbonyl (C=O) groups is 1. The van der Waals surface area contributed by atoms with E-state index in [1.165, 1.54) is 24.3 Å². The number of hydrogen-bond donors (Lipinski definition) is 0. The Kier molecular flexibility index (Phi) is 5.73. The van der Waals surface area contributed by atoms with Crippen molar-refractivity contribution in [3.8, 4) is 11.1 Å². The molecule has 0 atom stereocenters. The Bertz CT molecular complexity index is 1450. The number of rotatable bonds is 5. The molecule has 9 heteroatoms. The molecule has 1 aliphatic heterocycles. The summed E-state index contributed by atoms with van der Waals surface area (Å²) in [5, 5.41) is 5.13. The molecule has 4 aromatic rings. The van der Waals surface area contributed by atoms with E-state index in [0.717, 1.165) is 42.0 Å². The fourth-order valence-corrected chi connectivity index (χ4v) is 5.99. The van der Waals surface area contributed by atoms with Crippen LogP contribution in [0.3, 0.4) is 0 Å². The molecule has 1 aliphatic rings. The molecule has 1 saturated heterocycles. The first-order chi connectivity index (χ1) is 16.3. The quantitative estimate of drug-likeness (QED) is 0.430. The second-order valence-electron chi connectivity index (χ2n) is 8.72. The van der Waals surface area contributed by atoms with Crippen LogP contribution in [-0.4, -0.2) is 46.1 Å². The number of aromatic nitrogens is 3. The van der Waals surface area contributed by atoms with Gasteiger partial charge in [-0.05, 0) is 49.1 Å². The maximum absolute atomic E-state index is 14.1. The van der Waals surface area contributed by atoms with E-state index < -0.39 is 15.8 Å². The van der Waals surface area contributed by atoms with Gasteiger partial charge in [0.05, 0.1) is 16.6 Å². The first-order valence-corrected chi connectivity index (χ1v) is 12.7. The molecule has 3 heterocycles. The van der Waals surface area contributed by atoms with Crippen LogP contribution < -0.4 is 0 Å². The van der Waals surface area contributed by atoms with Crippen LogP contribution >= 0.6 is 0 Å². The molecule has 5 rings (SSSR count). The molecule has 0 saturated carbocycles. The predicted octanol–water partition coefficient (Wildman–Crippen LogP) is 4.14. The fourth-order valence-electron chi connectivity index (χ4n) is 4.60. The van der Waals surface area contributed by atoms with Gasteiger partial charge in [-0.2, -0.15) is 5.10 Å². The summed E-state index contributed by atoms with van der Waals surface area (Å²) in [7, 11) is -3.91. The number of hydrogen-bond acceptors (Lipinski definition) is 4. The van der Waals surface area contributed by atoms with Gasteiger partial charge in [0.15, 0.2) is 0 Å². The zero-order chi connectivity index (χ0) is 23.9. The van der Waals surface area contributed by atoms with Crippen LogP contribution in [0.1, 0.15) is 19.8 Å². The summed E-state index contributed by atoms with van der Waals surface area (Å²) in [4.78, 5) is 13.6. The van der Waals surface area contributed by atoms with Crippen molar-refractivity contribution in [2.75, 3.05) is 13.1 Å². The van der Waals surface area contributed by atoms with E-state index in [9.17, 15) is 17.6 Å². The molecule has 1 fully saturated rings.